The van der Waals surface area contributed by atoms with Crippen LogP contribution in [-0.4, -0.2) is 24.3 Å². The van der Waals surface area contributed by atoms with Gasteiger partial charge in [-0.05, 0) is 67.2 Å². The summed E-state index contributed by atoms with van der Waals surface area (Å²) in [6.45, 7) is 0.554. The molecule has 0 spiro atoms. The van der Waals surface area contributed by atoms with Crippen molar-refractivity contribution in [2.24, 2.45) is 0 Å². The summed E-state index contributed by atoms with van der Waals surface area (Å²) in [5.74, 6) is 1.43. The summed E-state index contributed by atoms with van der Waals surface area (Å²) in [5.41, 5.74) is 3.78. The third-order valence-corrected chi connectivity index (χ3v) is 6.57. The Morgan fingerprint density at radius 1 is 1.00 bits per heavy atom. The van der Waals surface area contributed by atoms with Gasteiger partial charge in [-0.2, -0.15) is 0 Å². The van der Waals surface area contributed by atoms with Crippen molar-refractivity contribution in [3.05, 3.63) is 65.2 Å². The van der Waals surface area contributed by atoms with Crippen molar-refractivity contribution in [1.29, 1.82) is 0 Å². The molecule has 0 radical (unpaired) electrons. The number of esters is 1. The first-order chi connectivity index (χ1) is 15.7. The van der Waals surface area contributed by atoms with Crippen molar-refractivity contribution in [2.45, 2.75) is 89.3 Å². The predicted molar refractivity (Wildman–Crippen MR) is 128 cm³/mol. The van der Waals surface area contributed by atoms with Crippen molar-refractivity contribution in [1.82, 2.24) is 0 Å². The number of aryl methyl sites for hydroxylation is 1. The van der Waals surface area contributed by atoms with Gasteiger partial charge in [-0.3, -0.25) is 4.79 Å². The lowest BCUT2D eigenvalue weighted by Gasteiger charge is -2.22. The maximum atomic E-state index is 11.2. The molecule has 1 aliphatic rings. The molecule has 2 aromatic carbocycles. The summed E-state index contributed by atoms with van der Waals surface area (Å²) in [6.07, 6.45) is 10.5. The van der Waals surface area contributed by atoms with Crippen LogP contribution in [0.4, 0.5) is 0 Å². The second kappa shape index (κ2) is 13.3. The fourth-order valence-corrected chi connectivity index (χ4v) is 4.55. The highest BCUT2D eigenvalue weighted by Crippen LogP contribution is 2.32. The van der Waals surface area contributed by atoms with Gasteiger partial charge in [0.15, 0.2) is 0 Å². The van der Waals surface area contributed by atoms with Crippen LogP contribution in [0.3, 0.4) is 0 Å². The molecule has 0 aliphatic heterocycles. The minimum atomic E-state index is -0.368. The van der Waals surface area contributed by atoms with Crippen molar-refractivity contribution in [2.75, 3.05) is 7.11 Å². The van der Waals surface area contributed by atoms with Crippen LogP contribution in [0.25, 0.3) is 0 Å². The van der Waals surface area contributed by atoms with E-state index in [9.17, 15) is 9.90 Å². The van der Waals surface area contributed by atoms with Gasteiger partial charge in [-0.1, -0.05) is 68.1 Å². The molecule has 0 amide bonds. The van der Waals surface area contributed by atoms with E-state index in [4.69, 9.17) is 4.74 Å². The molecule has 174 valence electrons. The highest BCUT2D eigenvalue weighted by molar-refractivity contribution is 5.68. The number of carbonyl (C=O) groups excluding carboxylic acids is 1. The van der Waals surface area contributed by atoms with E-state index in [0.717, 1.165) is 36.5 Å². The molecule has 1 fully saturated rings. The number of hydrogen-bond acceptors (Lipinski definition) is 4. The van der Waals surface area contributed by atoms with Gasteiger partial charge in [0.2, 0.25) is 0 Å². The van der Waals surface area contributed by atoms with E-state index < -0.39 is 0 Å². The van der Waals surface area contributed by atoms with E-state index in [1.807, 2.05) is 18.2 Å². The maximum absolute atomic E-state index is 11.2. The molecular weight excluding hydrogens is 400 g/mol. The molecular formula is C28H38O4. The number of aliphatic hydroxyl groups is 1. The van der Waals surface area contributed by atoms with Crippen molar-refractivity contribution in [3.63, 3.8) is 0 Å². The van der Waals surface area contributed by atoms with Crippen molar-refractivity contribution < 1.29 is 19.4 Å². The van der Waals surface area contributed by atoms with Gasteiger partial charge >= 0.3 is 5.97 Å². The Morgan fingerprint density at radius 3 is 2.50 bits per heavy atom. The van der Waals surface area contributed by atoms with Crippen LogP contribution in [0.2, 0.25) is 0 Å². The summed E-state index contributed by atoms with van der Waals surface area (Å²) < 4.78 is 10.8. The Labute approximate surface area is 193 Å². The van der Waals surface area contributed by atoms with E-state index in [-0.39, 0.29) is 12.1 Å². The molecule has 3 rings (SSSR count). The highest BCUT2D eigenvalue weighted by atomic mass is 16.5. The number of aliphatic hydroxyl groups excluding tert-OH is 1. The van der Waals surface area contributed by atoms with E-state index in [2.05, 4.69) is 35.1 Å². The number of carbonyl (C=O) groups is 1. The summed E-state index contributed by atoms with van der Waals surface area (Å²) in [5, 5.41) is 10.3. The summed E-state index contributed by atoms with van der Waals surface area (Å²) in [7, 11) is 1.41. The first kappa shape index (κ1) is 24.3. The third kappa shape index (κ3) is 7.98. The predicted octanol–water partition coefficient (Wildman–Crippen LogP) is 6.34. The largest absolute Gasteiger partial charge is 0.489 e. The van der Waals surface area contributed by atoms with E-state index in [0.29, 0.717) is 25.9 Å². The normalized spacial score (nSPS) is 15.3. The molecule has 1 unspecified atom stereocenters. The average molecular weight is 439 g/mol. The first-order valence-electron chi connectivity index (χ1n) is 12.2. The lowest BCUT2D eigenvalue weighted by atomic mass is 9.84. The first-order valence-corrected chi connectivity index (χ1v) is 12.2. The fourth-order valence-electron chi connectivity index (χ4n) is 4.55. The zero-order valence-corrected chi connectivity index (χ0v) is 19.4. The van der Waals surface area contributed by atoms with E-state index in [1.54, 1.807) is 0 Å². The van der Waals surface area contributed by atoms with Gasteiger partial charge in [0.05, 0.1) is 13.2 Å². The molecule has 2 aromatic rings. The van der Waals surface area contributed by atoms with Gasteiger partial charge < -0.3 is 14.6 Å². The lowest BCUT2D eigenvalue weighted by molar-refractivity contribution is -0.140. The number of hydrogen-bond donors (Lipinski definition) is 1. The van der Waals surface area contributed by atoms with Gasteiger partial charge in [0.1, 0.15) is 12.4 Å². The zero-order valence-electron chi connectivity index (χ0n) is 19.4. The third-order valence-electron chi connectivity index (χ3n) is 6.57. The Bertz CT molecular complexity index is 808. The SMILES string of the molecule is COC(=O)CCCCC(O)CCc1ccccc1OCc1ccc(C2CCCCC2)cc1. The molecule has 0 aromatic heterocycles. The van der Waals surface area contributed by atoms with Crippen molar-refractivity contribution in [3.8, 4) is 5.75 Å². The van der Waals surface area contributed by atoms with Crippen LogP contribution in [-0.2, 0) is 22.6 Å². The molecule has 4 nitrogen and oxygen atoms in total. The van der Waals surface area contributed by atoms with Crippen LogP contribution < -0.4 is 4.74 Å². The Hall–Kier alpha value is -2.33. The van der Waals surface area contributed by atoms with E-state index in [1.165, 1.54) is 50.3 Å². The number of benzene rings is 2. The number of para-hydroxylation sites is 1. The van der Waals surface area contributed by atoms with Gasteiger partial charge in [0.25, 0.3) is 0 Å². The maximum Gasteiger partial charge on any atom is 0.305 e. The van der Waals surface area contributed by atoms with Crippen LogP contribution >= 0.6 is 0 Å². The van der Waals surface area contributed by atoms with Crippen LogP contribution in [0, 0.1) is 0 Å². The minimum absolute atomic E-state index is 0.186. The van der Waals surface area contributed by atoms with Crippen LogP contribution in [0.5, 0.6) is 5.75 Å². The Balaban J connectivity index is 1.44. The van der Waals surface area contributed by atoms with Gasteiger partial charge in [-0.15, -0.1) is 0 Å². The quantitative estimate of drug-likeness (QED) is 0.310. The minimum Gasteiger partial charge on any atom is -0.489 e. The standard InChI is InChI=1S/C28H38O4/c1-31-28(30)14-8-6-12-26(29)20-19-25-11-5-7-13-27(25)32-21-22-15-17-24(18-16-22)23-9-3-2-4-10-23/h5,7,11,13,15-18,23,26,29H,2-4,6,8-10,12,14,19-21H2,1H3. The molecule has 1 saturated carbocycles. The second-order valence-corrected chi connectivity index (χ2v) is 8.99. The highest BCUT2D eigenvalue weighted by Gasteiger charge is 2.15. The summed E-state index contributed by atoms with van der Waals surface area (Å²) >= 11 is 0. The smallest absolute Gasteiger partial charge is 0.305 e. The number of unbranched alkanes of at least 4 members (excludes halogenated alkanes) is 1. The number of methoxy groups -OCH3 is 1. The van der Waals surface area contributed by atoms with Crippen molar-refractivity contribution >= 4 is 5.97 Å². The average Bonchev–Trinajstić information content (AvgIpc) is 2.85. The monoisotopic (exact) mass is 438 g/mol. The molecule has 32 heavy (non-hydrogen) atoms. The summed E-state index contributed by atoms with van der Waals surface area (Å²) in [4.78, 5) is 11.2. The Morgan fingerprint density at radius 2 is 1.75 bits per heavy atom. The molecule has 1 aliphatic carbocycles. The summed E-state index contributed by atoms with van der Waals surface area (Å²) in [6, 6.07) is 17.0. The topological polar surface area (TPSA) is 55.8 Å². The second-order valence-electron chi connectivity index (χ2n) is 8.99. The molecule has 1 atom stereocenters. The fraction of sp³-hybridized carbons (Fsp3) is 0.536. The van der Waals surface area contributed by atoms with Crippen LogP contribution in [0.15, 0.2) is 48.5 Å². The molecule has 0 bridgehead atoms. The zero-order chi connectivity index (χ0) is 22.6. The molecule has 1 N–H and O–H groups in total. The molecule has 0 heterocycles. The lowest BCUT2D eigenvalue weighted by Crippen LogP contribution is -2.09. The molecule has 0 saturated heterocycles. The number of ether oxygens (including phenoxy) is 2. The van der Waals surface area contributed by atoms with E-state index >= 15 is 0 Å². The molecule has 4 heteroatoms. The Kier molecular flexibility index (Phi) is 10.1. The van der Waals surface area contributed by atoms with Gasteiger partial charge in [-0.25, -0.2) is 0 Å². The van der Waals surface area contributed by atoms with Crippen LogP contribution in [0.1, 0.15) is 86.8 Å². The van der Waals surface area contributed by atoms with Gasteiger partial charge in [0, 0.05) is 6.42 Å². The number of rotatable bonds is 12.